The van der Waals surface area contributed by atoms with Crippen molar-refractivity contribution in [2.75, 3.05) is 6.54 Å². The molecule has 20 heavy (non-hydrogen) atoms. The van der Waals surface area contributed by atoms with E-state index in [2.05, 4.69) is 5.32 Å². The summed E-state index contributed by atoms with van der Waals surface area (Å²) in [7, 11) is 0. The van der Waals surface area contributed by atoms with Crippen LogP contribution in [0.25, 0.3) is 0 Å². The van der Waals surface area contributed by atoms with Crippen LogP contribution in [0.4, 0.5) is 17.6 Å². The predicted molar refractivity (Wildman–Crippen MR) is 66.5 cm³/mol. The summed E-state index contributed by atoms with van der Waals surface area (Å²) in [6, 6.07) is 3.03. The summed E-state index contributed by atoms with van der Waals surface area (Å²) in [5.41, 5.74) is -0.828. The highest BCUT2D eigenvalue weighted by Crippen LogP contribution is 2.32. The van der Waals surface area contributed by atoms with Gasteiger partial charge in [-0.25, -0.2) is 4.39 Å². The standard InChI is InChI=1S/C14H17F4NO/c15-13-4-2-10(6-12(13)14(16,17)18)8-19-7-9-1-3-11(20)5-9/h2,4,6,9,11,19-20H,1,3,5,7-8H2. The van der Waals surface area contributed by atoms with Crippen LogP contribution in [0.15, 0.2) is 18.2 Å². The van der Waals surface area contributed by atoms with Crippen LogP contribution in [0, 0.1) is 11.7 Å². The van der Waals surface area contributed by atoms with Gasteiger partial charge in [0.25, 0.3) is 0 Å². The van der Waals surface area contributed by atoms with E-state index < -0.39 is 17.6 Å². The van der Waals surface area contributed by atoms with Gasteiger partial charge in [-0.15, -0.1) is 0 Å². The Morgan fingerprint density at radius 3 is 2.60 bits per heavy atom. The highest BCUT2D eigenvalue weighted by atomic mass is 19.4. The number of hydrogen-bond acceptors (Lipinski definition) is 2. The fourth-order valence-corrected chi connectivity index (χ4v) is 2.55. The Bertz CT molecular complexity index is 461. The van der Waals surface area contributed by atoms with Gasteiger partial charge in [0.05, 0.1) is 11.7 Å². The van der Waals surface area contributed by atoms with Crippen LogP contribution in [-0.2, 0) is 12.7 Å². The second-order valence-corrected chi connectivity index (χ2v) is 5.28. The molecule has 2 nitrogen and oxygen atoms in total. The SMILES string of the molecule is OC1CCC(CNCc2ccc(F)c(C(F)(F)F)c2)C1. The van der Waals surface area contributed by atoms with Crippen molar-refractivity contribution >= 4 is 0 Å². The molecule has 2 rings (SSSR count). The number of nitrogens with one attached hydrogen (secondary N) is 1. The van der Waals surface area contributed by atoms with Crippen LogP contribution in [0.5, 0.6) is 0 Å². The van der Waals surface area contributed by atoms with Crippen molar-refractivity contribution in [2.24, 2.45) is 5.92 Å². The van der Waals surface area contributed by atoms with Gasteiger partial charge >= 0.3 is 6.18 Å². The third kappa shape index (κ3) is 3.93. The summed E-state index contributed by atoms with van der Waals surface area (Å²) in [5, 5.41) is 12.4. The Balaban J connectivity index is 1.90. The van der Waals surface area contributed by atoms with Gasteiger partial charge in [-0.05, 0) is 49.4 Å². The van der Waals surface area contributed by atoms with Crippen LogP contribution in [0.2, 0.25) is 0 Å². The molecule has 2 atom stereocenters. The van der Waals surface area contributed by atoms with E-state index in [9.17, 15) is 22.7 Å². The van der Waals surface area contributed by atoms with Crippen molar-refractivity contribution in [3.8, 4) is 0 Å². The Morgan fingerprint density at radius 1 is 1.25 bits per heavy atom. The average Bonchev–Trinajstić information content (AvgIpc) is 2.76. The van der Waals surface area contributed by atoms with Crippen molar-refractivity contribution in [2.45, 2.75) is 38.1 Å². The van der Waals surface area contributed by atoms with Gasteiger partial charge in [0.1, 0.15) is 5.82 Å². The number of benzene rings is 1. The quantitative estimate of drug-likeness (QED) is 0.836. The van der Waals surface area contributed by atoms with Gasteiger partial charge in [-0.1, -0.05) is 6.07 Å². The second-order valence-electron chi connectivity index (χ2n) is 5.28. The molecule has 1 aromatic rings. The molecule has 1 aliphatic carbocycles. The number of aliphatic hydroxyl groups is 1. The zero-order valence-corrected chi connectivity index (χ0v) is 10.9. The molecule has 0 bridgehead atoms. The van der Waals surface area contributed by atoms with Gasteiger partial charge < -0.3 is 10.4 Å². The first-order valence-corrected chi connectivity index (χ1v) is 6.60. The fraction of sp³-hybridized carbons (Fsp3) is 0.571. The van der Waals surface area contributed by atoms with Gasteiger partial charge in [0.2, 0.25) is 0 Å². The molecule has 0 spiro atoms. The third-order valence-electron chi connectivity index (χ3n) is 3.61. The molecule has 1 saturated carbocycles. The maximum atomic E-state index is 13.1. The first kappa shape index (κ1) is 15.3. The third-order valence-corrected chi connectivity index (χ3v) is 3.61. The molecule has 6 heteroatoms. The van der Waals surface area contributed by atoms with E-state index in [1.165, 1.54) is 6.07 Å². The highest BCUT2D eigenvalue weighted by Gasteiger charge is 2.34. The minimum Gasteiger partial charge on any atom is -0.393 e. The zero-order chi connectivity index (χ0) is 14.8. The molecule has 1 fully saturated rings. The molecule has 0 heterocycles. The molecule has 0 amide bonds. The molecule has 2 N–H and O–H groups in total. The number of aliphatic hydroxyl groups excluding tert-OH is 1. The summed E-state index contributed by atoms with van der Waals surface area (Å²) in [4.78, 5) is 0. The molecule has 0 aromatic heterocycles. The molecular formula is C14H17F4NO. The summed E-state index contributed by atoms with van der Waals surface area (Å²) in [5.74, 6) is -0.896. The first-order chi connectivity index (χ1) is 9.36. The lowest BCUT2D eigenvalue weighted by Crippen LogP contribution is -2.21. The topological polar surface area (TPSA) is 32.3 Å². The smallest absolute Gasteiger partial charge is 0.393 e. The summed E-state index contributed by atoms with van der Waals surface area (Å²) >= 11 is 0. The van der Waals surface area contributed by atoms with Crippen LogP contribution < -0.4 is 5.32 Å². The monoisotopic (exact) mass is 291 g/mol. The zero-order valence-electron chi connectivity index (χ0n) is 10.9. The number of alkyl halides is 3. The molecule has 0 aliphatic heterocycles. The first-order valence-electron chi connectivity index (χ1n) is 6.60. The summed E-state index contributed by atoms with van der Waals surface area (Å²) in [6.45, 7) is 0.908. The van der Waals surface area contributed by atoms with Crippen molar-refractivity contribution in [1.82, 2.24) is 5.32 Å². The minimum absolute atomic E-state index is 0.260. The van der Waals surface area contributed by atoms with Crippen LogP contribution in [0.3, 0.4) is 0 Å². The van der Waals surface area contributed by atoms with Crippen molar-refractivity contribution in [1.29, 1.82) is 0 Å². The molecule has 1 aliphatic rings. The van der Waals surface area contributed by atoms with Crippen molar-refractivity contribution in [3.05, 3.63) is 35.1 Å². The maximum absolute atomic E-state index is 13.1. The van der Waals surface area contributed by atoms with Gasteiger partial charge in [0, 0.05) is 6.54 Å². The molecule has 112 valence electrons. The van der Waals surface area contributed by atoms with Gasteiger partial charge in [-0.3, -0.25) is 0 Å². The Hall–Kier alpha value is -1.14. The molecule has 0 saturated heterocycles. The van der Waals surface area contributed by atoms with Crippen LogP contribution in [0.1, 0.15) is 30.4 Å². The van der Waals surface area contributed by atoms with E-state index in [4.69, 9.17) is 0 Å². The van der Waals surface area contributed by atoms with E-state index in [1.807, 2.05) is 0 Å². The van der Waals surface area contributed by atoms with E-state index in [-0.39, 0.29) is 12.6 Å². The number of hydrogen-bond donors (Lipinski definition) is 2. The van der Waals surface area contributed by atoms with Gasteiger partial charge in [0.15, 0.2) is 0 Å². The Morgan fingerprint density at radius 2 is 2.00 bits per heavy atom. The summed E-state index contributed by atoms with van der Waals surface area (Å²) in [6.07, 6.45) is -2.50. The minimum atomic E-state index is -4.67. The maximum Gasteiger partial charge on any atom is 0.419 e. The lowest BCUT2D eigenvalue weighted by Gasteiger charge is -2.13. The Labute approximate surface area is 114 Å². The summed E-state index contributed by atoms with van der Waals surface area (Å²) < 4.78 is 50.8. The fourth-order valence-electron chi connectivity index (χ4n) is 2.55. The molecular weight excluding hydrogens is 274 g/mol. The molecule has 2 unspecified atom stereocenters. The largest absolute Gasteiger partial charge is 0.419 e. The highest BCUT2D eigenvalue weighted by molar-refractivity contribution is 5.27. The van der Waals surface area contributed by atoms with E-state index in [1.54, 1.807) is 0 Å². The molecule has 0 radical (unpaired) electrons. The van der Waals surface area contributed by atoms with Crippen LogP contribution in [-0.4, -0.2) is 17.8 Å². The van der Waals surface area contributed by atoms with E-state index in [0.29, 0.717) is 18.0 Å². The number of rotatable bonds is 4. The molecule has 1 aromatic carbocycles. The van der Waals surface area contributed by atoms with Crippen LogP contribution >= 0.6 is 0 Å². The number of halogens is 4. The average molecular weight is 291 g/mol. The lowest BCUT2D eigenvalue weighted by atomic mass is 10.1. The van der Waals surface area contributed by atoms with Gasteiger partial charge in [-0.2, -0.15) is 13.2 Å². The van der Waals surface area contributed by atoms with E-state index >= 15 is 0 Å². The normalized spacial score (nSPS) is 23.2. The van der Waals surface area contributed by atoms with E-state index in [0.717, 1.165) is 31.4 Å². The Kier molecular flexibility index (Phi) is 4.65. The van der Waals surface area contributed by atoms with Crippen molar-refractivity contribution < 1.29 is 22.7 Å². The predicted octanol–water partition coefficient (Wildman–Crippen LogP) is 3.10. The second kappa shape index (κ2) is 6.10. The van der Waals surface area contributed by atoms with Crippen molar-refractivity contribution in [3.63, 3.8) is 0 Å². The lowest BCUT2D eigenvalue weighted by molar-refractivity contribution is -0.140.